The summed E-state index contributed by atoms with van der Waals surface area (Å²) in [6, 6.07) is 3.95. The molecule has 0 aliphatic carbocycles. The van der Waals surface area contributed by atoms with Gasteiger partial charge in [-0.3, -0.25) is 9.78 Å². The molecule has 0 aliphatic heterocycles. The molecule has 1 heterocycles. The molecule has 4 nitrogen and oxygen atoms in total. The Morgan fingerprint density at radius 3 is 2.93 bits per heavy atom. The van der Waals surface area contributed by atoms with Gasteiger partial charge in [-0.05, 0) is 24.6 Å². The molecule has 0 aliphatic rings. The second-order valence-electron chi connectivity index (χ2n) is 3.58. The first kappa shape index (κ1) is 11.7. The summed E-state index contributed by atoms with van der Waals surface area (Å²) < 4.78 is 0. The summed E-state index contributed by atoms with van der Waals surface area (Å²) in [6.45, 7) is 1.19. The predicted octanol–water partition coefficient (Wildman–Crippen LogP) is 0.302. The van der Waals surface area contributed by atoms with E-state index >= 15 is 0 Å². The lowest BCUT2D eigenvalue weighted by Crippen LogP contribution is -2.33. The van der Waals surface area contributed by atoms with Gasteiger partial charge in [0.15, 0.2) is 0 Å². The van der Waals surface area contributed by atoms with Crippen molar-refractivity contribution in [3.8, 4) is 0 Å². The molecule has 0 aromatic carbocycles. The number of rotatable bonds is 5. The fourth-order valence-electron chi connectivity index (χ4n) is 1.13. The molecule has 0 radical (unpaired) electrons. The Labute approximate surface area is 90.3 Å². The Morgan fingerprint density at radius 2 is 2.33 bits per heavy atom. The molecule has 1 amide bonds. The number of hydrogen-bond acceptors (Lipinski definition) is 3. The van der Waals surface area contributed by atoms with E-state index in [2.05, 4.69) is 10.3 Å². The molecule has 1 rings (SSSR count). The van der Waals surface area contributed by atoms with Gasteiger partial charge in [0.05, 0.1) is 6.54 Å². The minimum Gasteiger partial charge on any atom is -0.348 e. The number of nitrogens with one attached hydrogen (secondary N) is 1. The highest BCUT2D eigenvalue weighted by atomic mass is 16.2. The van der Waals surface area contributed by atoms with Gasteiger partial charge >= 0.3 is 0 Å². The van der Waals surface area contributed by atoms with Gasteiger partial charge in [-0.1, -0.05) is 6.07 Å². The first-order chi connectivity index (χ1) is 7.20. The van der Waals surface area contributed by atoms with E-state index in [9.17, 15) is 4.79 Å². The molecule has 1 aromatic heterocycles. The summed E-state index contributed by atoms with van der Waals surface area (Å²) in [5.74, 6) is 0.0983. The van der Waals surface area contributed by atoms with Crippen molar-refractivity contribution >= 4 is 5.91 Å². The fraction of sp³-hybridized carbons (Fsp3) is 0.455. The van der Waals surface area contributed by atoms with Gasteiger partial charge < -0.3 is 10.2 Å². The zero-order valence-corrected chi connectivity index (χ0v) is 9.23. The van der Waals surface area contributed by atoms with Crippen LogP contribution in [-0.2, 0) is 11.2 Å². The Hall–Kier alpha value is -1.42. The van der Waals surface area contributed by atoms with E-state index in [0.717, 1.165) is 13.0 Å². The summed E-state index contributed by atoms with van der Waals surface area (Å²) in [5.41, 5.74) is 1.18. The van der Waals surface area contributed by atoms with Crippen LogP contribution in [-0.4, -0.2) is 43.0 Å². The Bertz CT molecular complexity index is 298. The highest BCUT2D eigenvalue weighted by Gasteiger charge is 2.01. The number of aromatic nitrogens is 1. The normalized spacial score (nSPS) is 10.0. The average molecular weight is 207 g/mol. The van der Waals surface area contributed by atoms with E-state index in [0.29, 0.717) is 6.54 Å². The minimum absolute atomic E-state index is 0.0983. The summed E-state index contributed by atoms with van der Waals surface area (Å²) in [6.07, 6.45) is 4.50. The lowest BCUT2D eigenvalue weighted by molar-refractivity contribution is -0.127. The molecular formula is C11H17N3O. The van der Waals surface area contributed by atoms with E-state index in [1.807, 2.05) is 18.3 Å². The Morgan fingerprint density at radius 1 is 1.53 bits per heavy atom. The molecule has 1 N–H and O–H groups in total. The van der Waals surface area contributed by atoms with E-state index in [1.165, 1.54) is 5.56 Å². The maximum Gasteiger partial charge on any atom is 0.236 e. The van der Waals surface area contributed by atoms with Crippen LogP contribution in [0.2, 0.25) is 0 Å². The molecule has 0 saturated heterocycles. The largest absolute Gasteiger partial charge is 0.348 e. The topological polar surface area (TPSA) is 45.2 Å². The summed E-state index contributed by atoms with van der Waals surface area (Å²) >= 11 is 0. The van der Waals surface area contributed by atoms with Crippen LogP contribution in [0.3, 0.4) is 0 Å². The van der Waals surface area contributed by atoms with Crippen molar-refractivity contribution in [1.29, 1.82) is 0 Å². The monoisotopic (exact) mass is 207 g/mol. The van der Waals surface area contributed by atoms with Gasteiger partial charge in [-0.2, -0.15) is 0 Å². The van der Waals surface area contributed by atoms with Crippen LogP contribution in [0.1, 0.15) is 5.56 Å². The van der Waals surface area contributed by atoms with Crippen molar-refractivity contribution in [3.63, 3.8) is 0 Å². The third kappa shape index (κ3) is 4.56. The number of likely N-dealkylation sites (N-methyl/N-ethyl adjacent to an activating group) is 1. The highest BCUT2D eigenvalue weighted by molar-refractivity contribution is 5.77. The molecular weight excluding hydrogens is 190 g/mol. The maximum atomic E-state index is 11.2. The van der Waals surface area contributed by atoms with Crippen LogP contribution < -0.4 is 5.32 Å². The Kier molecular flexibility index (Phi) is 4.77. The van der Waals surface area contributed by atoms with Gasteiger partial charge in [0, 0.05) is 26.5 Å². The van der Waals surface area contributed by atoms with Crippen molar-refractivity contribution < 1.29 is 4.79 Å². The van der Waals surface area contributed by atoms with E-state index in [-0.39, 0.29) is 5.91 Å². The van der Waals surface area contributed by atoms with Crippen LogP contribution >= 0.6 is 0 Å². The molecule has 0 unspecified atom stereocenters. The van der Waals surface area contributed by atoms with Gasteiger partial charge in [0.1, 0.15) is 0 Å². The summed E-state index contributed by atoms with van der Waals surface area (Å²) in [5, 5.41) is 3.10. The van der Waals surface area contributed by atoms with Gasteiger partial charge in [0.2, 0.25) is 5.91 Å². The molecule has 0 bridgehead atoms. The molecule has 0 saturated carbocycles. The first-order valence-corrected chi connectivity index (χ1v) is 5.00. The average Bonchev–Trinajstić information content (AvgIpc) is 2.25. The lowest BCUT2D eigenvalue weighted by Gasteiger charge is -2.10. The summed E-state index contributed by atoms with van der Waals surface area (Å²) in [7, 11) is 3.51. The van der Waals surface area contributed by atoms with E-state index in [1.54, 1.807) is 25.2 Å². The smallest absolute Gasteiger partial charge is 0.236 e. The fourth-order valence-corrected chi connectivity index (χ4v) is 1.13. The molecule has 1 aromatic rings. The predicted molar refractivity (Wildman–Crippen MR) is 59.5 cm³/mol. The number of carbonyl (C=O) groups excluding carboxylic acids is 1. The molecule has 4 heteroatoms. The quantitative estimate of drug-likeness (QED) is 0.706. The third-order valence-electron chi connectivity index (χ3n) is 2.09. The highest BCUT2D eigenvalue weighted by Crippen LogP contribution is 1.95. The molecule has 82 valence electrons. The number of amides is 1. The molecule has 0 fully saturated rings. The van der Waals surface area contributed by atoms with Crippen LogP contribution in [0, 0.1) is 0 Å². The van der Waals surface area contributed by atoms with Crippen molar-refractivity contribution in [2.24, 2.45) is 0 Å². The van der Waals surface area contributed by atoms with Gasteiger partial charge in [-0.15, -0.1) is 0 Å². The maximum absolute atomic E-state index is 11.2. The third-order valence-corrected chi connectivity index (χ3v) is 2.09. The molecule has 0 atom stereocenters. The molecule has 15 heavy (non-hydrogen) atoms. The van der Waals surface area contributed by atoms with Crippen LogP contribution in [0.5, 0.6) is 0 Å². The standard InChI is InChI=1S/C11H17N3O/c1-14(2)11(15)9-13-7-5-10-4-3-6-12-8-10/h3-4,6,8,13H,5,7,9H2,1-2H3. The van der Waals surface area contributed by atoms with Gasteiger partial charge in [0.25, 0.3) is 0 Å². The second kappa shape index (κ2) is 6.14. The summed E-state index contributed by atoms with van der Waals surface area (Å²) in [4.78, 5) is 16.8. The first-order valence-electron chi connectivity index (χ1n) is 5.00. The Balaban J connectivity index is 2.15. The number of hydrogen-bond donors (Lipinski definition) is 1. The van der Waals surface area contributed by atoms with Crippen LogP contribution in [0.4, 0.5) is 0 Å². The number of carbonyl (C=O) groups is 1. The number of nitrogens with zero attached hydrogens (tertiary/aromatic N) is 2. The van der Waals surface area contributed by atoms with E-state index < -0.39 is 0 Å². The van der Waals surface area contributed by atoms with Crippen LogP contribution in [0.15, 0.2) is 24.5 Å². The van der Waals surface area contributed by atoms with Crippen LogP contribution in [0.25, 0.3) is 0 Å². The SMILES string of the molecule is CN(C)C(=O)CNCCc1cccnc1. The van der Waals surface area contributed by atoms with Crippen molar-refractivity contribution in [3.05, 3.63) is 30.1 Å². The second-order valence-corrected chi connectivity index (χ2v) is 3.58. The van der Waals surface area contributed by atoms with Crippen molar-refractivity contribution in [2.75, 3.05) is 27.2 Å². The van der Waals surface area contributed by atoms with E-state index in [4.69, 9.17) is 0 Å². The number of pyridine rings is 1. The van der Waals surface area contributed by atoms with Crippen molar-refractivity contribution in [2.45, 2.75) is 6.42 Å². The zero-order valence-electron chi connectivity index (χ0n) is 9.23. The van der Waals surface area contributed by atoms with Gasteiger partial charge in [-0.25, -0.2) is 0 Å². The minimum atomic E-state index is 0.0983. The zero-order chi connectivity index (χ0) is 11.1. The van der Waals surface area contributed by atoms with Crippen molar-refractivity contribution in [1.82, 2.24) is 15.2 Å². The lowest BCUT2D eigenvalue weighted by atomic mass is 10.2. The molecule has 0 spiro atoms.